The molecule has 5 rings (SSSR count). The fourth-order valence-corrected chi connectivity index (χ4v) is 6.02. The number of carbonyl (C=O) groups excluding carboxylic acids is 1. The van der Waals surface area contributed by atoms with Gasteiger partial charge in [0, 0.05) is 24.1 Å². The number of hydrogen-bond acceptors (Lipinski definition) is 5. The lowest BCUT2D eigenvalue weighted by Crippen LogP contribution is -2.35. The van der Waals surface area contributed by atoms with Gasteiger partial charge in [-0.3, -0.25) is 9.10 Å². The molecule has 41 heavy (non-hydrogen) atoms. The molecule has 0 saturated heterocycles. The Kier molecular flexibility index (Phi) is 8.28. The third-order valence-corrected chi connectivity index (χ3v) is 8.90. The quantitative estimate of drug-likeness (QED) is 0.197. The fraction of sp³-hybridized carbons (Fsp3) is 0.281. The van der Waals surface area contributed by atoms with E-state index in [1.165, 1.54) is 23.5 Å². The molecule has 0 atom stereocenters. The highest BCUT2D eigenvalue weighted by Gasteiger charge is 2.34. The summed E-state index contributed by atoms with van der Waals surface area (Å²) in [6.45, 7) is 6.35. The molecule has 0 bridgehead atoms. The second-order valence-corrected chi connectivity index (χ2v) is 12.4. The largest absolute Gasteiger partial charge is 0.455 e. The van der Waals surface area contributed by atoms with E-state index in [2.05, 4.69) is 11.9 Å². The van der Waals surface area contributed by atoms with Gasteiger partial charge in [-0.2, -0.15) is 0 Å². The second-order valence-electron chi connectivity index (χ2n) is 10.2. The Morgan fingerprint density at radius 2 is 1.83 bits per heavy atom. The van der Waals surface area contributed by atoms with Crippen molar-refractivity contribution in [1.82, 2.24) is 5.32 Å². The van der Waals surface area contributed by atoms with Gasteiger partial charge in [-0.15, -0.1) is 0 Å². The smallest absolute Gasteiger partial charge is 0.255 e. The average molecular weight is 577 g/mol. The third-order valence-electron chi connectivity index (χ3n) is 7.17. The Bertz CT molecular complexity index is 1680. The summed E-state index contributed by atoms with van der Waals surface area (Å²) in [7, 11) is -2.17. The zero-order chi connectivity index (χ0) is 29.1. The number of ether oxygens (including phenoxy) is 1. The molecule has 0 radical (unpaired) electrons. The van der Waals surface area contributed by atoms with Gasteiger partial charge >= 0.3 is 0 Å². The van der Waals surface area contributed by atoms with Crippen molar-refractivity contribution in [3.05, 3.63) is 101 Å². The number of sulfonamides is 1. The van der Waals surface area contributed by atoms with E-state index in [1.807, 2.05) is 36.4 Å². The number of nitrogens with one attached hydrogen (secondary N) is 1. The summed E-state index contributed by atoms with van der Waals surface area (Å²) in [5, 5.41) is 3.25. The van der Waals surface area contributed by atoms with Crippen LogP contribution in [0.15, 0.2) is 83.3 Å². The molecule has 3 aromatic carbocycles. The van der Waals surface area contributed by atoms with E-state index in [9.17, 15) is 17.6 Å². The van der Waals surface area contributed by atoms with Crippen LogP contribution in [0.2, 0.25) is 0 Å². The van der Waals surface area contributed by atoms with Crippen molar-refractivity contribution in [3.63, 3.8) is 0 Å². The van der Waals surface area contributed by atoms with E-state index in [1.54, 1.807) is 25.1 Å². The minimum atomic E-state index is -3.71. The first-order chi connectivity index (χ1) is 19.7. The first kappa shape index (κ1) is 28.6. The number of hydrogen-bond donors (Lipinski definition) is 1. The van der Waals surface area contributed by atoms with Crippen LogP contribution in [0, 0.1) is 5.82 Å². The monoisotopic (exact) mass is 576 g/mol. The van der Waals surface area contributed by atoms with Crippen molar-refractivity contribution in [2.24, 2.45) is 0 Å². The summed E-state index contributed by atoms with van der Waals surface area (Å²) in [6, 6.07) is 19.0. The number of rotatable bonds is 12. The van der Waals surface area contributed by atoms with Crippen molar-refractivity contribution in [3.8, 4) is 11.3 Å². The van der Waals surface area contributed by atoms with Crippen LogP contribution in [0.1, 0.15) is 47.2 Å². The molecular formula is C32H33FN2O5S. The van der Waals surface area contributed by atoms with Gasteiger partial charge in [0.1, 0.15) is 17.2 Å². The second kappa shape index (κ2) is 11.9. The van der Waals surface area contributed by atoms with Crippen LogP contribution < -0.4 is 9.62 Å². The molecule has 0 aliphatic heterocycles. The highest BCUT2D eigenvalue weighted by molar-refractivity contribution is 7.92. The minimum absolute atomic E-state index is 0.0457. The zero-order valence-corrected chi connectivity index (χ0v) is 24.0. The van der Waals surface area contributed by atoms with Gasteiger partial charge in [0.25, 0.3) is 5.91 Å². The summed E-state index contributed by atoms with van der Waals surface area (Å²) >= 11 is 0. The van der Waals surface area contributed by atoms with Gasteiger partial charge in [-0.05, 0) is 72.7 Å². The van der Waals surface area contributed by atoms with E-state index >= 15 is 0 Å². The average Bonchev–Trinajstić information content (AvgIpc) is 3.76. The minimum Gasteiger partial charge on any atom is -0.455 e. The van der Waals surface area contributed by atoms with Gasteiger partial charge in [-0.1, -0.05) is 36.9 Å². The van der Waals surface area contributed by atoms with E-state index in [0.29, 0.717) is 45.7 Å². The molecule has 1 aromatic heterocycles. The molecule has 9 heteroatoms. The SMILES string of the molecule is C=C(COCc1ccccc1)CN(c1cc2oc(-c3ccc(F)cc3)c(C(=O)NC)c2cc1C1CC1)S(=O)(=O)CC. The van der Waals surface area contributed by atoms with Gasteiger partial charge in [0.2, 0.25) is 10.0 Å². The molecule has 1 heterocycles. The van der Waals surface area contributed by atoms with Crippen molar-refractivity contribution in [1.29, 1.82) is 0 Å². The molecule has 1 fully saturated rings. The summed E-state index contributed by atoms with van der Waals surface area (Å²) in [5.41, 5.74) is 4.20. The molecule has 0 unspecified atom stereocenters. The van der Waals surface area contributed by atoms with Gasteiger partial charge in [0.15, 0.2) is 0 Å². The van der Waals surface area contributed by atoms with E-state index in [4.69, 9.17) is 9.15 Å². The Morgan fingerprint density at radius 1 is 1.12 bits per heavy atom. The first-order valence-electron chi connectivity index (χ1n) is 13.6. The zero-order valence-electron chi connectivity index (χ0n) is 23.2. The Labute approximate surface area is 239 Å². The number of amides is 1. The fourth-order valence-electron chi connectivity index (χ4n) is 4.87. The van der Waals surface area contributed by atoms with Crippen molar-refractivity contribution in [2.75, 3.05) is 30.3 Å². The predicted molar refractivity (Wildman–Crippen MR) is 159 cm³/mol. The lowest BCUT2D eigenvalue weighted by Gasteiger charge is -2.27. The van der Waals surface area contributed by atoms with E-state index in [-0.39, 0.29) is 30.7 Å². The molecule has 1 aliphatic carbocycles. The van der Waals surface area contributed by atoms with Gasteiger partial charge in [0.05, 0.1) is 36.8 Å². The maximum absolute atomic E-state index is 13.6. The van der Waals surface area contributed by atoms with Crippen molar-refractivity contribution in [2.45, 2.75) is 32.3 Å². The van der Waals surface area contributed by atoms with Crippen LogP contribution in [0.4, 0.5) is 10.1 Å². The topological polar surface area (TPSA) is 88.8 Å². The van der Waals surface area contributed by atoms with E-state index in [0.717, 1.165) is 24.0 Å². The number of benzene rings is 3. The standard InChI is InChI=1S/C32H33FN2O5S/c1-4-41(37,38)35(18-21(2)19-39-20-22-8-6-5-7-9-22)28-17-29-27(16-26(28)23-10-11-23)30(32(36)34-3)31(40-29)24-12-14-25(33)15-13-24/h5-9,12-17,23H,2,4,10-11,18-20H2,1,3H3,(H,34,36). The molecule has 1 saturated carbocycles. The van der Waals surface area contributed by atoms with E-state index < -0.39 is 15.8 Å². The third kappa shape index (κ3) is 6.21. The number of anilines is 1. The predicted octanol–water partition coefficient (Wildman–Crippen LogP) is 6.41. The summed E-state index contributed by atoms with van der Waals surface area (Å²) in [4.78, 5) is 13.0. The van der Waals surface area contributed by atoms with Crippen LogP contribution in [-0.2, 0) is 21.4 Å². The maximum Gasteiger partial charge on any atom is 0.255 e. The van der Waals surface area contributed by atoms with Crippen molar-refractivity contribution < 1.29 is 26.8 Å². The molecule has 7 nitrogen and oxygen atoms in total. The van der Waals surface area contributed by atoms with Crippen LogP contribution in [0.3, 0.4) is 0 Å². The number of halogens is 1. The highest BCUT2D eigenvalue weighted by Crippen LogP contribution is 2.48. The molecule has 1 N–H and O–H groups in total. The normalized spacial score (nSPS) is 13.3. The Balaban J connectivity index is 1.55. The first-order valence-corrected chi connectivity index (χ1v) is 15.2. The molecular weight excluding hydrogens is 543 g/mol. The van der Waals surface area contributed by atoms with Gasteiger partial charge < -0.3 is 14.5 Å². The van der Waals surface area contributed by atoms with Gasteiger partial charge in [-0.25, -0.2) is 12.8 Å². The van der Waals surface area contributed by atoms with Crippen LogP contribution in [0.5, 0.6) is 0 Å². The Morgan fingerprint density at radius 3 is 2.46 bits per heavy atom. The molecule has 1 aliphatic rings. The number of nitrogens with zero attached hydrogens (tertiary/aromatic N) is 1. The number of fused-ring (bicyclic) bond motifs is 1. The van der Waals surface area contributed by atoms with Crippen molar-refractivity contribution >= 4 is 32.6 Å². The van der Waals surface area contributed by atoms with Crippen LogP contribution >= 0.6 is 0 Å². The lowest BCUT2D eigenvalue weighted by atomic mass is 10.0. The summed E-state index contributed by atoms with van der Waals surface area (Å²) < 4.78 is 54.0. The summed E-state index contributed by atoms with van der Waals surface area (Å²) in [6.07, 6.45) is 1.83. The maximum atomic E-state index is 13.6. The lowest BCUT2D eigenvalue weighted by molar-refractivity contribution is 0.0964. The molecule has 1 amide bonds. The molecule has 0 spiro atoms. The summed E-state index contributed by atoms with van der Waals surface area (Å²) in [5.74, 6) is -0.400. The highest BCUT2D eigenvalue weighted by atomic mass is 32.2. The Hall–Kier alpha value is -3.95. The molecule has 4 aromatic rings. The molecule has 214 valence electrons. The van der Waals surface area contributed by atoms with Crippen LogP contribution in [-0.4, -0.2) is 40.3 Å². The number of carbonyl (C=O) groups is 1. The van der Waals surface area contributed by atoms with Crippen LogP contribution in [0.25, 0.3) is 22.3 Å². The number of furan rings is 1.